The zero-order valence-electron chi connectivity index (χ0n) is 14.9. The summed E-state index contributed by atoms with van der Waals surface area (Å²) in [4.78, 5) is 21.9. The van der Waals surface area contributed by atoms with E-state index in [1.165, 1.54) is 16.7 Å². The number of benzene rings is 2. The number of rotatable bonds is 3. The van der Waals surface area contributed by atoms with Crippen molar-refractivity contribution in [3.8, 4) is 11.8 Å². The fourth-order valence-corrected chi connectivity index (χ4v) is 3.17. The highest BCUT2D eigenvalue weighted by Gasteiger charge is 2.14. The first kappa shape index (κ1) is 18.5. The molecule has 0 amide bonds. The molecule has 7 heteroatoms. The number of halogens is 2. The summed E-state index contributed by atoms with van der Waals surface area (Å²) in [5.74, 6) is -0.255. The van der Waals surface area contributed by atoms with Crippen LogP contribution in [0.5, 0.6) is 0 Å². The minimum atomic E-state index is -0.530. The fourth-order valence-electron chi connectivity index (χ4n) is 2.95. The molecule has 0 atom stereocenters. The van der Waals surface area contributed by atoms with E-state index in [4.69, 9.17) is 11.6 Å². The number of hydrogen-bond acceptors (Lipinski definition) is 4. The largest absolute Gasteiger partial charge is 0.268 e. The lowest BCUT2D eigenvalue weighted by molar-refractivity contribution is 0.629. The SMILES string of the molecule is N#Cc1cccnc1C=Cc1nc2ccc(F)cc2c(=O)n1-c1ccccc1Cl. The average Bonchev–Trinajstić information content (AvgIpc) is 2.74. The summed E-state index contributed by atoms with van der Waals surface area (Å²) in [6, 6.07) is 16.0. The molecular weight excluding hydrogens is 391 g/mol. The van der Waals surface area contributed by atoms with Crippen LogP contribution in [-0.4, -0.2) is 14.5 Å². The van der Waals surface area contributed by atoms with Crippen LogP contribution in [0.3, 0.4) is 0 Å². The number of pyridine rings is 1. The quantitative estimate of drug-likeness (QED) is 0.501. The average molecular weight is 403 g/mol. The van der Waals surface area contributed by atoms with Crippen LogP contribution in [-0.2, 0) is 0 Å². The molecule has 0 bridgehead atoms. The zero-order chi connectivity index (χ0) is 20.4. The van der Waals surface area contributed by atoms with E-state index in [0.717, 1.165) is 6.07 Å². The monoisotopic (exact) mass is 402 g/mol. The van der Waals surface area contributed by atoms with E-state index >= 15 is 0 Å². The Kier molecular flexibility index (Phi) is 4.90. The number of nitriles is 1. The van der Waals surface area contributed by atoms with Gasteiger partial charge in [-0.05, 0) is 54.6 Å². The van der Waals surface area contributed by atoms with Crippen LogP contribution in [0, 0.1) is 17.1 Å². The molecule has 5 nitrogen and oxygen atoms in total. The van der Waals surface area contributed by atoms with Crippen LogP contribution in [0.15, 0.2) is 65.6 Å². The summed E-state index contributed by atoms with van der Waals surface area (Å²) < 4.78 is 15.0. The highest BCUT2D eigenvalue weighted by atomic mass is 35.5. The van der Waals surface area contributed by atoms with Crippen molar-refractivity contribution in [2.45, 2.75) is 0 Å². The summed E-state index contributed by atoms with van der Waals surface area (Å²) in [5.41, 5.74) is 1.14. The van der Waals surface area contributed by atoms with Gasteiger partial charge in [-0.2, -0.15) is 5.26 Å². The van der Waals surface area contributed by atoms with Gasteiger partial charge in [0, 0.05) is 6.20 Å². The highest BCUT2D eigenvalue weighted by molar-refractivity contribution is 6.32. The maximum Gasteiger partial charge on any atom is 0.266 e. The van der Waals surface area contributed by atoms with Gasteiger partial charge in [-0.25, -0.2) is 9.37 Å². The van der Waals surface area contributed by atoms with E-state index in [2.05, 4.69) is 16.0 Å². The van der Waals surface area contributed by atoms with Gasteiger partial charge < -0.3 is 0 Å². The molecule has 4 rings (SSSR count). The lowest BCUT2D eigenvalue weighted by atomic mass is 10.2. The standard InChI is InChI=1S/C22H12ClFN4O/c23-17-5-1-2-6-20(17)28-21(10-9-18-14(13-25)4-3-11-26-18)27-19-8-7-15(24)12-16(19)22(28)29/h1-12H. The van der Waals surface area contributed by atoms with Gasteiger partial charge in [-0.15, -0.1) is 0 Å². The van der Waals surface area contributed by atoms with Gasteiger partial charge in [0.2, 0.25) is 0 Å². The fraction of sp³-hybridized carbons (Fsp3) is 0. The molecule has 29 heavy (non-hydrogen) atoms. The third-order valence-corrected chi connectivity index (χ3v) is 4.62. The lowest BCUT2D eigenvalue weighted by Crippen LogP contribution is -2.22. The smallest absolute Gasteiger partial charge is 0.266 e. The first-order valence-corrected chi connectivity index (χ1v) is 8.96. The number of hydrogen-bond donors (Lipinski definition) is 0. The predicted molar refractivity (Wildman–Crippen MR) is 110 cm³/mol. The summed E-state index contributed by atoms with van der Waals surface area (Å²) in [6.45, 7) is 0. The molecule has 0 unspecified atom stereocenters. The van der Waals surface area contributed by atoms with Gasteiger partial charge in [0.05, 0.1) is 32.9 Å². The minimum absolute atomic E-state index is 0.137. The van der Waals surface area contributed by atoms with Crippen molar-refractivity contribution >= 4 is 34.7 Å². The van der Waals surface area contributed by atoms with Gasteiger partial charge in [0.15, 0.2) is 0 Å². The Balaban J connectivity index is 2.00. The van der Waals surface area contributed by atoms with Gasteiger partial charge in [0.25, 0.3) is 5.56 Å². The molecule has 0 saturated carbocycles. The molecule has 0 radical (unpaired) electrons. The topological polar surface area (TPSA) is 71.6 Å². The Morgan fingerprint density at radius 1 is 1.10 bits per heavy atom. The Bertz CT molecular complexity index is 1370. The first-order valence-electron chi connectivity index (χ1n) is 8.59. The predicted octanol–water partition coefficient (Wildman–Crippen LogP) is 4.62. The summed E-state index contributed by atoms with van der Waals surface area (Å²) in [5, 5.41) is 9.73. The molecule has 2 aromatic carbocycles. The Labute approximate surface area is 170 Å². The zero-order valence-corrected chi connectivity index (χ0v) is 15.6. The van der Waals surface area contributed by atoms with E-state index in [9.17, 15) is 14.4 Å². The molecule has 4 aromatic rings. The van der Waals surface area contributed by atoms with Crippen LogP contribution in [0.25, 0.3) is 28.7 Å². The van der Waals surface area contributed by atoms with Crippen molar-refractivity contribution in [1.29, 1.82) is 5.26 Å². The third-order valence-electron chi connectivity index (χ3n) is 4.30. The Morgan fingerprint density at radius 2 is 1.93 bits per heavy atom. The van der Waals surface area contributed by atoms with Crippen molar-refractivity contribution < 1.29 is 4.39 Å². The number of fused-ring (bicyclic) bond motifs is 1. The summed E-state index contributed by atoms with van der Waals surface area (Å²) >= 11 is 6.31. The normalized spacial score (nSPS) is 11.1. The summed E-state index contributed by atoms with van der Waals surface area (Å²) in [7, 11) is 0. The van der Waals surface area contributed by atoms with Gasteiger partial charge in [-0.1, -0.05) is 23.7 Å². The van der Waals surface area contributed by atoms with Crippen molar-refractivity contribution in [3.63, 3.8) is 0 Å². The van der Waals surface area contributed by atoms with Crippen molar-refractivity contribution in [2.75, 3.05) is 0 Å². The molecule has 0 saturated heterocycles. The minimum Gasteiger partial charge on any atom is -0.268 e. The molecule has 0 aliphatic rings. The number of nitrogens with zero attached hydrogens (tertiary/aromatic N) is 4. The van der Waals surface area contributed by atoms with Crippen LogP contribution in [0.2, 0.25) is 5.02 Å². The molecule has 0 spiro atoms. The second-order valence-corrected chi connectivity index (χ2v) is 6.51. The lowest BCUT2D eigenvalue weighted by Gasteiger charge is -2.13. The molecule has 2 heterocycles. The maximum atomic E-state index is 13.7. The number of aromatic nitrogens is 3. The maximum absolute atomic E-state index is 13.7. The van der Waals surface area contributed by atoms with Crippen LogP contribution >= 0.6 is 11.6 Å². The van der Waals surface area contributed by atoms with E-state index in [1.54, 1.807) is 54.7 Å². The molecule has 0 fully saturated rings. The Morgan fingerprint density at radius 3 is 2.72 bits per heavy atom. The summed E-state index contributed by atoms with van der Waals surface area (Å²) in [6.07, 6.45) is 4.75. The second kappa shape index (κ2) is 7.66. The van der Waals surface area contributed by atoms with E-state index in [-0.39, 0.29) is 11.2 Å². The van der Waals surface area contributed by atoms with E-state index < -0.39 is 11.4 Å². The van der Waals surface area contributed by atoms with E-state index in [1.807, 2.05) is 0 Å². The van der Waals surface area contributed by atoms with E-state index in [0.29, 0.717) is 27.5 Å². The molecule has 2 aromatic heterocycles. The van der Waals surface area contributed by atoms with Gasteiger partial charge in [-0.3, -0.25) is 14.3 Å². The van der Waals surface area contributed by atoms with Crippen molar-refractivity contribution in [1.82, 2.24) is 14.5 Å². The van der Waals surface area contributed by atoms with Crippen molar-refractivity contribution in [2.24, 2.45) is 0 Å². The third kappa shape index (κ3) is 3.51. The van der Waals surface area contributed by atoms with Crippen LogP contribution < -0.4 is 5.56 Å². The first-order chi connectivity index (χ1) is 14.1. The van der Waals surface area contributed by atoms with Crippen LogP contribution in [0.1, 0.15) is 17.1 Å². The van der Waals surface area contributed by atoms with Gasteiger partial charge in [0.1, 0.15) is 17.7 Å². The molecule has 0 N–H and O–H groups in total. The van der Waals surface area contributed by atoms with Crippen molar-refractivity contribution in [3.05, 3.63) is 99.1 Å². The Hall–Kier alpha value is -3.82. The highest BCUT2D eigenvalue weighted by Crippen LogP contribution is 2.22. The van der Waals surface area contributed by atoms with Gasteiger partial charge >= 0.3 is 0 Å². The molecule has 140 valence electrons. The van der Waals surface area contributed by atoms with Crippen LogP contribution in [0.4, 0.5) is 4.39 Å². The second-order valence-electron chi connectivity index (χ2n) is 6.10. The molecule has 0 aliphatic carbocycles. The molecule has 0 aliphatic heterocycles. The number of para-hydroxylation sites is 1. The molecular formula is C22H12ClFN4O.